The number of nitrogens with zero attached hydrogens (tertiary/aromatic N) is 1. The first-order valence-corrected chi connectivity index (χ1v) is 6.36. The Morgan fingerprint density at radius 1 is 1.30 bits per heavy atom. The van der Waals surface area contributed by atoms with Crippen LogP contribution in [0.3, 0.4) is 0 Å². The Kier molecular flexibility index (Phi) is 4.87. The summed E-state index contributed by atoms with van der Waals surface area (Å²) in [5.41, 5.74) is 0.417. The molecule has 1 unspecified atom stereocenters. The SMILES string of the molecule is CC(NC(=O)c1cccc(C#N)c1)C(=O)NC(C)(C)C. The van der Waals surface area contributed by atoms with Gasteiger partial charge in [-0.15, -0.1) is 0 Å². The lowest BCUT2D eigenvalue weighted by Crippen LogP contribution is -2.50. The summed E-state index contributed by atoms with van der Waals surface area (Å²) in [4.78, 5) is 23.9. The number of hydrogen-bond donors (Lipinski definition) is 2. The minimum absolute atomic E-state index is 0.248. The Labute approximate surface area is 119 Å². The average molecular weight is 273 g/mol. The van der Waals surface area contributed by atoms with Crippen LogP contribution in [0, 0.1) is 11.3 Å². The summed E-state index contributed by atoms with van der Waals surface area (Å²) < 4.78 is 0. The third-order valence-corrected chi connectivity index (χ3v) is 2.49. The molecule has 1 atom stereocenters. The van der Waals surface area contributed by atoms with Gasteiger partial charge in [-0.25, -0.2) is 0 Å². The van der Waals surface area contributed by atoms with E-state index in [2.05, 4.69) is 10.6 Å². The summed E-state index contributed by atoms with van der Waals surface area (Å²) >= 11 is 0. The molecule has 5 heteroatoms. The van der Waals surface area contributed by atoms with Crippen LogP contribution in [-0.2, 0) is 4.79 Å². The topological polar surface area (TPSA) is 82.0 Å². The normalized spacial score (nSPS) is 12.2. The van der Waals surface area contributed by atoms with E-state index in [1.807, 2.05) is 26.8 Å². The number of nitriles is 1. The zero-order chi connectivity index (χ0) is 15.3. The molecule has 106 valence electrons. The summed E-state index contributed by atoms with van der Waals surface area (Å²) in [5, 5.41) is 14.2. The molecule has 5 nitrogen and oxygen atoms in total. The van der Waals surface area contributed by atoms with Gasteiger partial charge in [-0.3, -0.25) is 9.59 Å². The number of nitrogens with one attached hydrogen (secondary N) is 2. The Morgan fingerprint density at radius 2 is 1.95 bits per heavy atom. The van der Waals surface area contributed by atoms with E-state index in [1.54, 1.807) is 25.1 Å². The molecule has 1 rings (SSSR count). The van der Waals surface area contributed by atoms with Gasteiger partial charge < -0.3 is 10.6 Å². The van der Waals surface area contributed by atoms with Crippen molar-refractivity contribution in [1.82, 2.24) is 10.6 Å². The molecule has 0 bridgehead atoms. The molecule has 0 aliphatic rings. The van der Waals surface area contributed by atoms with Gasteiger partial charge in [0.25, 0.3) is 5.91 Å². The van der Waals surface area contributed by atoms with E-state index in [-0.39, 0.29) is 17.4 Å². The van der Waals surface area contributed by atoms with Crippen LogP contribution in [0.2, 0.25) is 0 Å². The van der Waals surface area contributed by atoms with Gasteiger partial charge in [-0.2, -0.15) is 5.26 Å². The molecule has 0 spiro atoms. The number of carbonyl (C=O) groups is 2. The van der Waals surface area contributed by atoms with Crippen LogP contribution in [0.25, 0.3) is 0 Å². The largest absolute Gasteiger partial charge is 0.350 e. The predicted octanol–water partition coefficient (Wildman–Crippen LogP) is 1.59. The van der Waals surface area contributed by atoms with Gasteiger partial charge in [0.2, 0.25) is 5.91 Å². The molecular formula is C15H19N3O2. The van der Waals surface area contributed by atoms with Crippen molar-refractivity contribution in [1.29, 1.82) is 5.26 Å². The third kappa shape index (κ3) is 4.73. The summed E-state index contributed by atoms with van der Waals surface area (Å²) in [6.07, 6.45) is 0. The Hall–Kier alpha value is -2.35. The number of benzene rings is 1. The first-order valence-electron chi connectivity index (χ1n) is 6.36. The van der Waals surface area contributed by atoms with Crippen molar-refractivity contribution in [2.75, 3.05) is 0 Å². The van der Waals surface area contributed by atoms with Crippen molar-refractivity contribution in [3.8, 4) is 6.07 Å². The molecule has 0 fully saturated rings. The van der Waals surface area contributed by atoms with Crippen molar-refractivity contribution < 1.29 is 9.59 Å². The van der Waals surface area contributed by atoms with Crippen LogP contribution in [-0.4, -0.2) is 23.4 Å². The maximum Gasteiger partial charge on any atom is 0.251 e. The van der Waals surface area contributed by atoms with Crippen molar-refractivity contribution in [3.05, 3.63) is 35.4 Å². The third-order valence-electron chi connectivity index (χ3n) is 2.49. The molecule has 2 amide bonds. The van der Waals surface area contributed by atoms with E-state index in [0.29, 0.717) is 11.1 Å². The van der Waals surface area contributed by atoms with Gasteiger partial charge in [0.05, 0.1) is 11.6 Å². The molecule has 0 heterocycles. The summed E-state index contributed by atoms with van der Waals surface area (Å²) in [5.74, 6) is -0.624. The van der Waals surface area contributed by atoms with Gasteiger partial charge in [-0.1, -0.05) is 6.07 Å². The second-order valence-corrected chi connectivity index (χ2v) is 5.63. The van der Waals surface area contributed by atoms with E-state index in [0.717, 1.165) is 0 Å². The maximum atomic E-state index is 12.0. The smallest absolute Gasteiger partial charge is 0.251 e. The van der Waals surface area contributed by atoms with Gasteiger partial charge in [0, 0.05) is 11.1 Å². The minimum atomic E-state index is -0.646. The minimum Gasteiger partial charge on any atom is -0.350 e. The fourth-order valence-corrected chi connectivity index (χ4v) is 1.55. The number of rotatable bonds is 3. The first-order chi connectivity index (χ1) is 9.23. The van der Waals surface area contributed by atoms with Crippen LogP contribution in [0.4, 0.5) is 0 Å². The van der Waals surface area contributed by atoms with E-state index < -0.39 is 6.04 Å². The molecule has 20 heavy (non-hydrogen) atoms. The molecule has 0 aliphatic heterocycles. The quantitative estimate of drug-likeness (QED) is 0.877. The van der Waals surface area contributed by atoms with Gasteiger partial charge in [-0.05, 0) is 45.9 Å². The number of amides is 2. The molecule has 2 N–H and O–H groups in total. The van der Waals surface area contributed by atoms with Crippen LogP contribution in [0.1, 0.15) is 43.6 Å². The van der Waals surface area contributed by atoms with Crippen molar-refractivity contribution in [3.63, 3.8) is 0 Å². The Morgan fingerprint density at radius 3 is 2.50 bits per heavy atom. The zero-order valence-corrected chi connectivity index (χ0v) is 12.2. The second-order valence-electron chi connectivity index (χ2n) is 5.63. The lowest BCUT2D eigenvalue weighted by atomic mass is 10.1. The monoisotopic (exact) mass is 273 g/mol. The highest BCUT2D eigenvalue weighted by Crippen LogP contribution is 2.05. The fourth-order valence-electron chi connectivity index (χ4n) is 1.55. The molecule has 0 radical (unpaired) electrons. The van der Waals surface area contributed by atoms with Crippen LogP contribution in [0.5, 0.6) is 0 Å². The molecule has 1 aromatic rings. The highest BCUT2D eigenvalue weighted by molar-refractivity contribution is 5.97. The first kappa shape index (κ1) is 15.7. The summed E-state index contributed by atoms with van der Waals surface area (Å²) in [7, 11) is 0. The Bertz CT molecular complexity index is 553. The number of carbonyl (C=O) groups excluding carboxylic acids is 2. The van der Waals surface area contributed by atoms with Crippen molar-refractivity contribution in [2.24, 2.45) is 0 Å². The molecule has 0 aliphatic carbocycles. The van der Waals surface area contributed by atoms with Crippen molar-refractivity contribution in [2.45, 2.75) is 39.3 Å². The van der Waals surface area contributed by atoms with E-state index in [9.17, 15) is 9.59 Å². The predicted molar refractivity (Wildman–Crippen MR) is 76.0 cm³/mol. The zero-order valence-electron chi connectivity index (χ0n) is 12.2. The highest BCUT2D eigenvalue weighted by atomic mass is 16.2. The highest BCUT2D eigenvalue weighted by Gasteiger charge is 2.21. The molecule has 0 saturated heterocycles. The average Bonchev–Trinajstić information content (AvgIpc) is 2.36. The van der Waals surface area contributed by atoms with Gasteiger partial charge >= 0.3 is 0 Å². The fraction of sp³-hybridized carbons (Fsp3) is 0.400. The van der Waals surface area contributed by atoms with Gasteiger partial charge in [0.1, 0.15) is 6.04 Å². The van der Waals surface area contributed by atoms with E-state index in [1.165, 1.54) is 6.07 Å². The number of hydrogen-bond acceptors (Lipinski definition) is 3. The van der Waals surface area contributed by atoms with E-state index in [4.69, 9.17) is 5.26 Å². The lowest BCUT2D eigenvalue weighted by Gasteiger charge is -2.23. The van der Waals surface area contributed by atoms with Crippen LogP contribution in [0.15, 0.2) is 24.3 Å². The van der Waals surface area contributed by atoms with E-state index >= 15 is 0 Å². The van der Waals surface area contributed by atoms with Crippen molar-refractivity contribution >= 4 is 11.8 Å². The summed E-state index contributed by atoms with van der Waals surface area (Å²) in [6, 6.07) is 7.67. The van der Waals surface area contributed by atoms with Crippen LogP contribution < -0.4 is 10.6 Å². The molecule has 0 aromatic heterocycles. The summed E-state index contributed by atoms with van der Waals surface area (Å²) in [6.45, 7) is 7.23. The molecule has 0 saturated carbocycles. The standard InChI is InChI=1S/C15H19N3O2/c1-10(13(19)18-15(2,3)4)17-14(20)12-7-5-6-11(8-12)9-16/h5-8,10H,1-4H3,(H,17,20)(H,18,19). The second kappa shape index (κ2) is 6.20. The van der Waals surface area contributed by atoms with Crippen LogP contribution >= 0.6 is 0 Å². The molecular weight excluding hydrogens is 254 g/mol. The Balaban J connectivity index is 2.70. The lowest BCUT2D eigenvalue weighted by molar-refractivity contribution is -0.124. The maximum absolute atomic E-state index is 12.0. The van der Waals surface area contributed by atoms with Gasteiger partial charge in [0.15, 0.2) is 0 Å². The molecule has 1 aromatic carbocycles.